The summed E-state index contributed by atoms with van der Waals surface area (Å²) in [5, 5.41) is 4.03. The molecule has 2 unspecified atom stereocenters. The van der Waals surface area contributed by atoms with E-state index in [1.807, 2.05) is 23.9 Å². The average molecular weight is 329 g/mol. The van der Waals surface area contributed by atoms with Crippen molar-refractivity contribution in [3.05, 3.63) is 24.3 Å². The van der Waals surface area contributed by atoms with Crippen molar-refractivity contribution in [2.24, 2.45) is 0 Å². The third kappa shape index (κ3) is 3.73. The Morgan fingerprint density at radius 3 is 2.52 bits per heavy atom. The Kier molecular flexibility index (Phi) is 5.57. The molecular weight excluding hydrogens is 304 g/mol. The van der Waals surface area contributed by atoms with E-state index in [1.54, 1.807) is 26.2 Å². The topological polar surface area (TPSA) is 49.4 Å². The van der Waals surface area contributed by atoms with Crippen LogP contribution in [0, 0.1) is 0 Å². The monoisotopic (exact) mass is 328 g/mol. The fourth-order valence-corrected chi connectivity index (χ4v) is 4.74. The van der Waals surface area contributed by atoms with E-state index in [4.69, 9.17) is 0 Å². The number of thioether (sulfide) groups is 1. The number of rotatable bonds is 5. The molecule has 1 fully saturated rings. The molecule has 1 saturated carbocycles. The average Bonchev–Trinajstić information content (AvgIpc) is 2.48. The molecule has 1 N–H and O–H groups in total. The van der Waals surface area contributed by atoms with Gasteiger partial charge in [0.2, 0.25) is 10.0 Å². The molecule has 0 radical (unpaired) electrons. The third-order valence-electron chi connectivity index (χ3n) is 3.99. The fourth-order valence-electron chi connectivity index (χ4n) is 2.75. The summed E-state index contributed by atoms with van der Waals surface area (Å²) in [6.45, 7) is 0. The Labute approximate surface area is 132 Å². The van der Waals surface area contributed by atoms with Crippen LogP contribution in [0.15, 0.2) is 29.2 Å². The molecule has 2 rings (SSSR count). The van der Waals surface area contributed by atoms with Crippen molar-refractivity contribution >= 4 is 27.5 Å². The highest BCUT2D eigenvalue weighted by atomic mass is 32.2. The first-order valence-electron chi connectivity index (χ1n) is 7.27. The Morgan fingerprint density at radius 2 is 1.86 bits per heavy atom. The fraction of sp³-hybridized carbons (Fsp3) is 0.600. The van der Waals surface area contributed by atoms with Crippen LogP contribution < -0.4 is 5.32 Å². The van der Waals surface area contributed by atoms with E-state index in [9.17, 15) is 8.42 Å². The van der Waals surface area contributed by atoms with Crippen molar-refractivity contribution in [1.82, 2.24) is 4.31 Å². The van der Waals surface area contributed by atoms with Gasteiger partial charge in [-0.2, -0.15) is 11.8 Å². The molecular formula is C15H24N2O2S2. The Bertz CT molecular complexity index is 573. The number of nitrogens with one attached hydrogen (secondary N) is 1. The Morgan fingerprint density at radius 1 is 1.19 bits per heavy atom. The van der Waals surface area contributed by atoms with Gasteiger partial charge in [0, 0.05) is 25.4 Å². The van der Waals surface area contributed by atoms with Crippen LogP contribution in [0.3, 0.4) is 0 Å². The smallest absolute Gasteiger partial charge is 0.244 e. The quantitative estimate of drug-likeness (QED) is 0.902. The van der Waals surface area contributed by atoms with Gasteiger partial charge in [-0.15, -0.1) is 0 Å². The first-order valence-corrected chi connectivity index (χ1v) is 10.0. The molecule has 1 aromatic rings. The highest BCUT2D eigenvalue weighted by Gasteiger charge is 2.27. The molecule has 0 saturated heterocycles. The molecule has 2 atom stereocenters. The van der Waals surface area contributed by atoms with Crippen LogP contribution in [0.5, 0.6) is 0 Å². The van der Waals surface area contributed by atoms with E-state index in [-0.39, 0.29) is 0 Å². The Balaban J connectivity index is 2.28. The van der Waals surface area contributed by atoms with Gasteiger partial charge in [0.15, 0.2) is 0 Å². The van der Waals surface area contributed by atoms with Gasteiger partial charge < -0.3 is 5.32 Å². The lowest BCUT2D eigenvalue weighted by Crippen LogP contribution is -2.35. The molecule has 118 valence electrons. The van der Waals surface area contributed by atoms with Gasteiger partial charge in [-0.3, -0.25) is 0 Å². The molecule has 6 heteroatoms. The zero-order valence-corrected chi connectivity index (χ0v) is 14.5. The van der Waals surface area contributed by atoms with E-state index in [1.165, 1.54) is 23.6 Å². The number of nitrogens with zero attached hydrogens (tertiary/aromatic N) is 1. The van der Waals surface area contributed by atoms with Gasteiger partial charge >= 0.3 is 0 Å². The maximum atomic E-state index is 12.4. The van der Waals surface area contributed by atoms with Crippen LogP contribution in [0.25, 0.3) is 0 Å². The highest BCUT2D eigenvalue weighted by Crippen LogP contribution is 2.31. The van der Waals surface area contributed by atoms with Crippen molar-refractivity contribution < 1.29 is 8.42 Å². The minimum Gasteiger partial charge on any atom is -0.380 e. The van der Waals surface area contributed by atoms with E-state index < -0.39 is 10.0 Å². The third-order valence-corrected chi connectivity index (χ3v) is 7.03. The second kappa shape index (κ2) is 7.03. The molecule has 1 aromatic carbocycles. The zero-order chi connectivity index (χ0) is 15.5. The number of para-hydroxylation sites is 1. The summed E-state index contributed by atoms with van der Waals surface area (Å²) in [6, 6.07) is 7.53. The lowest BCUT2D eigenvalue weighted by atomic mass is 9.94. The van der Waals surface area contributed by atoms with E-state index >= 15 is 0 Å². The van der Waals surface area contributed by atoms with E-state index in [0.717, 1.165) is 12.1 Å². The van der Waals surface area contributed by atoms with Crippen LogP contribution >= 0.6 is 11.8 Å². The van der Waals surface area contributed by atoms with Crippen LogP contribution in [-0.4, -0.2) is 44.4 Å². The summed E-state index contributed by atoms with van der Waals surface area (Å²) < 4.78 is 26.1. The van der Waals surface area contributed by atoms with Crippen molar-refractivity contribution in [1.29, 1.82) is 0 Å². The summed E-state index contributed by atoms with van der Waals surface area (Å²) in [7, 11) is -0.285. The maximum absolute atomic E-state index is 12.4. The van der Waals surface area contributed by atoms with Gasteiger partial charge in [-0.05, 0) is 31.2 Å². The first kappa shape index (κ1) is 16.6. The van der Waals surface area contributed by atoms with Crippen LogP contribution in [0.4, 0.5) is 5.69 Å². The SMILES string of the molecule is CSC1CCCCC1Nc1ccccc1S(=O)(=O)N(C)C. The number of sulfonamides is 1. The molecule has 4 nitrogen and oxygen atoms in total. The first-order chi connectivity index (χ1) is 9.96. The second-order valence-electron chi connectivity index (χ2n) is 5.59. The lowest BCUT2D eigenvalue weighted by molar-refractivity contribution is 0.474. The molecule has 1 aliphatic carbocycles. The maximum Gasteiger partial charge on any atom is 0.244 e. The number of benzene rings is 1. The van der Waals surface area contributed by atoms with Crippen molar-refractivity contribution in [2.75, 3.05) is 25.7 Å². The second-order valence-corrected chi connectivity index (χ2v) is 8.79. The van der Waals surface area contributed by atoms with Crippen LogP contribution in [0.2, 0.25) is 0 Å². The predicted molar refractivity (Wildman–Crippen MR) is 90.5 cm³/mol. The summed E-state index contributed by atoms with van der Waals surface area (Å²) in [4.78, 5) is 0.362. The lowest BCUT2D eigenvalue weighted by Gasteiger charge is -2.32. The van der Waals surface area contributed by atoms with Gasteiger partial charge in [0.05, 0.1) is 5.69 Å². The molecule has 0 bridgehead atoms. The summed E-state index contributed by atoms with van der Waals surface area (Å²) in [6.07, 6.45) is 6.90. The zero-order valence-electron chi connectivity index (χ0n) is 12.9. The molecule has 21 heavy (non-hydrogen) atoms. The molecule has 0 aromatic heterocycles. The Hall–Kier alpha value is -0.720. The van der Waals surface area contributed by atoms with Gasteiger partial charge in [0.1, 0.15) is 4.90 Å². The normalized spacial score (nSPS) is 23.2. The summed E-state index contributed by atoms with van der Waals surface area (Å²) >= 11 is 1.87. The van der Waals surface area contributed by atoms with Gasteiger partial charge in [-0.25, -0.2) is 12.7 Å². The number of hydrogen-bond donors (Lipinski definition) is 1. The minimum atomic E-state index is -3.42. The molecule has 0 spiro atoms. The number of anilines is 1. The van der Waals surface area contributed by atoms with Crippen molar-refractivity contribution in [2.45, 2.75) is 41.9 Å². The summed E-state index contributed by atoms with van der Waals surface area (Å²) in [5.41, 5.74) is 0.720. The van der Waals surface area contributed by atoms with Crippen LogP contribution in [0.1, 0.15) is 25.7 Å². The van der Waals surface area contributed by atoms with Crippen molar-refractivity contribution in [3.8, 4) is 0 Å². The number of hydrogen-bond acceptors (Lipinski definition) is 4. The summed E-state index contributed by atoms with van der Waals surface area (Å²) in [5.74, 6) is 0. The van der Waals surface area contributed by atoms with Gasteiger partial charge in [0.25, 0.3) is 0 Å². The molecule has 1 aliphatic rings. The molecule has 0 aliphatic heterocycles. The molecule has 0 amide bonds. The van der Waals surface area contributed by atoms with E-state index in [0.29, 0.717) is 16.2 Å². The highest BCUT2D eigenvalue weighted by molar-refractivity contribution is 7.99. The standard InChI is InChI=1S/C15H24N2O2S2/c1-17(2)21(18,19)15-11-7-5-9-13(15)16-12-8-4-6-10-14(12)20-3/h5,7,9,11-12,14,16H,4,6,8,10H2,1-3H3. The largest absolute Gasteiger partial charge is 0.380 e. The van der Waals surface area contributed by atoms with E-state index in [2.05, 4.69) is 11.6 Å². The predicted octanol–water partition coefficient (Wildman–Crippen LogP) is 3.02. The van der Waals surface area contributed by atoms with Gasteiger partial charge in [-0.1, -0.05) is 25.0 Å². The van der Waals surface area contributed by atoms with Crippen LogP contribution in [-0.2, 0) is 10.0 Å². The minimum absolute atomic E-state index is 0.340. The van der Waals surface area contributed by atoms with Crippen molar-refractivity contribution in [3.63, 3.8) is 0 Å². The molecule has 0 heterocycles.